The van der Waals surface area contributed by atoms with Crippen LogP contribution in [0.1, 0.15) is 18.5 Å². The van der Waals surface area contributed by atoms with Gasteiger partial charge >= 0.3 is 0 Å². The van der Waals surface area contributed by atoms with Crippen LogP contribution >= 0.6 is 0 Å². The van der Waals surface area contributed by atoms with Crippen LogP contribution in [0.3, 0.4) is 0 Å². The molecule has 0 spiro atoms. The number of hydrogen-bond donors (Lipinski definition) is 1. The summed E-state index contributed by atoms with van der Waals surface area (Å²) in [6.45, 7) is 2.02. The lowest BCUT2D eigenvalue weighted by atomic mass is 10.2. The summed E-state index contributed by atoms with van der Waals surface area (Å²) in [7, 11) is 0. The lowest BCUT2D eigenvalue weighted by Gasteiger charge is -2.09. The number of nitrogens with zero attached hydrogens (tertiary/aromatic N) is 1. The second-order valence-electron chi connectivity index (χ2n) is 3.73. The molecular formula is C11H16N2O2. The van der Waals surface area contributed by atoms with E-state index in [1.165, 1.54) is 0 Å². The smallest absolute Gasteiger partial charge is 0.0889 e. The van der Waals surface area contributed by atoms with E-state index in [-0.39, 0.29) is 6.10 Å². The summed E-state index contributed by atoms with van der Waals surface area (Å²) in [5.74, 6) is 0. The third-order valence-electron chi connectivity index (χ3n) is 2.42. The molecule has 2 N–H and O–H groups in total. The first kappa shape index (κ1) is 10.4. The molecule has 0 aromatic carbocycles. The van der Waals surface area contributed by atoms with Crippen molar-refractivity contribution in [1.29, 1.82) is 0 Å². The Morgan fingerprint density at radius 3 is 3.27 bits per heavy atom. The van der Waals surface area contributed by atoms with Gasteiger partial charge in [0.15, 0.2) is 0 Å². The van der Waals surface area contributed by atoms with Gasteiger partial charge in [-0.25, -0.2) is 0 Å². The minimum absolute atomic E-state index is 0.269. The van der Waals surface area contributed by atoms with Gasteiger partial charge in [-0.3, -0.25) is 4.98 Å². The minimum Gasteiger partial charge on any atom is -0.399 e. The van der Waals surface area contributed by atoms with Crippen molar-refractivity contribution in [3.63, 3.8) is 0 Å². The number of hydrogen-bond acceptors (Lipinski definition) is 4. The molecule has 4 nitrogen and oxygen atoms in total. The fourth-order valence-corrected chi connectivity index (χ4v) is 1.65. The molecule has 1 atom stereocenters. The molecule has 1 aliphatic rings. The summed E-state index contributed by atoms with van der Waals surface area (Å²) in [6.07, 6.45) is 4.21. The monoisotopic (exact) mass is 208 g/mol. The summed E-state index contributed by atoms with van der Waals surface area (Å²) in [5, 5.41) is 0. The molecule has 1 aromatic heterocycles. The minimum atomic E-state index is 0.269. The topological polar surface area (TPSA) is 57.4 Å². The maximum Gasteiger partial charge on any atom is 0.0889 e. The fourth-order valence-electron chi connectivity index (χ4n) is 1.65. The van der Waals surface area contributed by atoms with Crippen LogP contribution in [0, 0.1) is 0 Å². The second-order valence-corrected chi connectivity index (χ2v) is 3.73. The van der Waals surface area contributed by atoms with Crippen LogP contribution in [0.25, 0.3) is 0 Å². The van der Waals surface area contributed by atoms with E-state index in [4.69, 9.17) is 15.2 Å². The summed E-state index contributed by atoms with van der Waals surface area (Å²) >= 11 is 0. The molecule has 0 bridgehead atoms. The van der Waals surface area contributed by atoms with Crippen LogP contribution < -0.4 is 5.73 Å². The molecule has 82 valence electrons. The van der Waals surface area contributed by atoms with Crippen molar-refractivity contribution in [2.75, 3.05) is 18.9 Å². The van der Waals surface area contributed by atoms with E-state index in [1.54, 1.807) is 12.3 Å². The molecule has 1 saturated heterocycles. The zero-order valence-electron chi connectivity index (χ0n) is 8.69. The summed E-state index contributed by atoms with van der Waals surface area (Å²) < 4.78 is 11.0. The largest absolute Gasteiger partial charge is 0.399 e. The molecule has 0 saturated carbocycles. The van der Waals surface area contributed by atoms with Crippen LogP contribution in [0.2, 0.25) is 0 Å². The first-order valence-electron chi connectivity index (χ1n) is 5.24. The van der Waals surface area contributed by atoms with E-state index in [9.17, 15) is 0 Å². The first-order valence-corrected chi connectivity index (χ1v) is 5.24. The van der Waals surface area contributed by atoms with Crippen LogP contribution in [0.15, 0.2) is 18.3 Å². The van der Waals surface area contributed by atoms with E-state index in [0.29, 0.717) is 13.2 Å². The normalized spacial score (nSPS) is 20.7. The fraction of sp³-hybridized carbons (Fsp3) is 0.545. The van der Waals surface area contributed by atoms with Crippen molar-refractivity contribution < 1.29 is 9.47 Å². The Morgan fingerprint density at radius 2 is 2.53 bits per heavy atom. The van der Waals surface area contributed by atoms with E-state index in [0.717, 1.165) is 30.8 Å². The van der Waals surface area contributed by atoms with Crippen molar-refractivity contribution in [1.82, 2.24) is 4.98 Å². The third-order valence-corrected chi connectivity index (χ3v) is 2.42. The number of nitrogen functional groups attached to an aromatic ring is 1. The molecule has 0 amide bonds. The van der Waals surface area contributed by atoms with Gasteiger partial charge in [-0.15, -0.1) is 0 Å². The average Bonchev–Trinajstić information content (AvgIpc) is 2.71. The van der Waals surface area contributed by atoms with Crippen molar-refractivity contribution in [3.05, 3.63) is 24.0 Å². The van der Waals surface area contributed by atoms with E-state index >= 15 is 0 Å². The summed E-state index contributed by atoms with van der Waals surface area (Å²) in [5.41, 5.74) is 7.22. The van der Waals surface area contributed by atoms with Gasteiger partial charge < -0.3 is 15.2 Å². The highest BCUT2D eigenvalue weighted by Gasteiger charge is 2.15. The van der Waals surface area contributed by atoms with Crippen LogP contribution in [-0.2, 0) is 16.1 Å². The van der Waals surface area contributed by atoms with Gasteiger partial charge in [0.05, 0.1) is 25.0 Å². The highest BCUT2D eigenvalue weighted by Crippen LogP contribution is 2.12. The summed E-state index contributed by atoms with van der Waals surface area (Å²) in [4.78, 5) is 4.16. The number of anilines is 1. The molecule has 2 heterocycles. The Kier molecular flexibility index (Phi) is 3.53. The number of ether oxygens (including phenoxy) is 2. The molecule has 1 fully saturated rings. The number of rotatable bonds is 4. The maximum atomic E-state index is 5.63. The number of aromatic nitrogens is 1. The Morgan fingerprint density at radius 1 is 1.60 bits per heavy atom. The van der Waals surface area contributed by atoms with Gasteiger partial charge in [0, 0.05) is 18.5 Å². The number of nitrogens with two attached hydrogens (primary N) is 1. The van der Waals surface area contributed by atoms with Gasteiger partial charge in [-0.2, -0.15) is 0 Å². The second kappa shape index (κ2) is 5.09. The standard InChI is InChI=1S/C11H16N2O2/c12-9-3-4-13-10(6-9)7-14-8-11-2-1-5-15-11/h3-4,6,11H,1-2,5,7-8H2,(H2,12,13). The molecule has 15 heavy (non-hydrogen) atoms. The van der Waals surface area contributed by atoms with Crippen LogP contribution in [0.4, 0.5) is 5.69 Å². The lowest BCUT2D eigenvalue weighted by Crippen LogP contribution is -2.14. The lowest BCUT2D eigenvalue weighted by molar-refractivity contribution is 0.00967. The maximum absolute atomic E-state index is 5.63. The van der Waals surface area contributed by atoms with Gasteiger partial charge in [-0.1, -0.05) is 0 Å². The first-order chi connectivity index (χ1) is 7.34. The summed E-state index contributed by atoms with van der Waals surface area (Å²) in [6, 6.07) is 3.60. The van der Waals surface area contributed by atoms with Gasteiger partial charge in [0.1, 0.15) is 0 Å². The Hall–Kier alpha value is -1.13. The molecule has 0 aliphatic carbocycles. The van der Waals surface area contributed by atoms with E-state index in [1.807, 2.05) is 6.07 Å². The molecule has 2 rings (SSSR count). The molecule has 1 unspecified atom stereocenters. The molecular weight excluding hydrogens is 192 g/mol. The molecule has 1 aromatic rings. The van der Waals surface area contributed by atoms with Crippen molar-refractivity contribution in [2.45, 2.75) is 25.6 Å². The third kappa shape index (κ3) is 3.18. The Labute approximate surface area is 89.4 Å². The molecule has 0 radical (unpaired) electrons. The average molecular weight is 208 g/mol. The van der Waals surface area contributed by atoms with E-state index < -0.39 is 0 Å². The molecule has 4 heteroatoms. The predicted molar refractivity (Wildman–Crippen MR) is 57.3 cm³/mol. The highest BCUT2D eigenvalue weighted by molar-refractivity contribution is 5.36. The van der Waals surface area contributed by atoms with Gasteiger partial charge in [0.25, 0.3) is 0 Å². The van der Waals surface area contributed by atoms with Crippen molar-refractivity contribution >= 4 is 5.69 Å². The van der Waals surface area contributed by atoms with Gasteiger partial charge in [0.2, 0.25) is 0 Å². The predicted octanol–water partition coefficient (Wildman–Crippen LogP) is 1.36. The quantitative estimate of drug-likeness (QED) is 0.811. The molecule has 1 aliphatic heterocycles. The van der Waals surface area contributed by atoms with E-state index in [2.05, 4.69) is 4.98 Å². The van der Waals surface area contributed by atoms with Crippen molar-refractivity contribution in [2.24, 2.45) is 0 Å². The Balaban J connectivity index is 1.73. The van der Waals surface area contributed by atoms with Crippen LogP contribution in [0.5, 0.6) is 0 Å². The number of pyridine rings is 1. The zero-order chi connectivity index (χ0) is 10.5. The van der Waals surface area contributed by atoms with Crippen LogP contribution in [-0.4, -0.2) is 24.3 Å². The van der Waals surface area contributed by atoms with Gasteiger partial charge in [-0.05, 0) is 25.0 Å². The SMILES string of the molecule is Nc1ccnc(COCC2CCCO2)c1. The zero-order valence-corrected chi connectivity index (χ0v) is 8.69. The highest BCUT2D eigenvalue weighted by atomic mass is 16.5. The van der Waals surface area contributed by atoms with Crippen molar-refractivity contribution in [3.8, 4) is 0 Å². The Bertz CT molecular complexity index is 311.